The predicted octanol–water partition coefficient (Wildman–Crippen LogP) is 1.57. The third-order valence-corrected chi connectivity index (χ3v) is 3.17. The highest BCUT2D eigenvalue weighted by atomic mass is 32.2. The van der Waals surface area contributed by atoms with Crippen molar-refractivity contribution in [1.29, 1.82) is 0 Å². The van der Waals surface area contributed by atoms with E-state index in [1.807, 2.05) is 33.8 Å². The van der Waals surface area contributed by atoms with E-state index >= 15 is 0 Å². The summed E-state index contributed by atoms with van der Waals surface area (Å²) in [5.74, 6) is 0. The van der Waals surface area contributed by atoms with Crippen molar-refractivity contribution in [3.05, 3.63) is 16.6 Å². The van der Waals surface area contributed by atoms with Gasteiger partial charge in [-0.25, -0.2) is 4.21 Å². The molecule has 0 saturated heterocycles. The summed E-state index contributed by atoms with van der Waals surface area (Å²) in [4.78, 5) is 11.9. The van der Waals surface area contributed by atoms with Gasteiger partial charge < -0.3 is 0 Å². The maximum Gasteiger partial charge on any atom is 0.229 e. The van der Waals surface area contributed by atoms with E-state index in [2.05, 4.69) is 0 Å². The van der Waals surface area contributed by atoms with Crippen LogP contribution < -0.4 is 0 Å². The first kappa shape index (κ1) is 12.5. The summed E-state index contributed by atoms with van der Waals surface area (Å²) in [6.45, 7) is 7.67. The minimum Gasteiger partial charge on any atom is -0.286 e. The van der Waals surface area contributed by atoms with Gasteiger partial charge in [0.05, 0.1) is 6.61 Å². The molecule has 0 bridgehead atoms. The van der Waals surface area contributed by atoms with Gasteiger partial charge in [-0.1, -0.05) is 0 Å². The summed E-state index contributed by atoms with van der Waals surface area (Å²) in [6, 6.07) is 0. The van der Waals surface area contributed by atoms with E-state index in [-0.39, 0.29) is 6.61 Å². The zero-order valence-electron chi connectivity index (χ0n) is 9.86. The van der Waals surface area contributed by atoms with Crippen LogP contribution in [0, 0.1) is 4.91 Å². The van der Waals surface area contributed by atoms with Crippen LogP contribution in [0.25, 0.3) is 0 Å². The summed E-state index contributed by atoms with van der Waals surface area (Å²) < 4.78 is 16.9. The zero-order valence-corrected chi connectivity index (χ0v) is 10.7. The Morgan fingerprint density at radius 3 is 2.27 bits per heavy atom. The Kier molecular flexibility index (Phi) is 3.16. The first-order valence-electron chi connectivity index (χ1n) is 4.84. The van der Waals surface area contributed by atoms with E-state index in [4.69, 9.17) is 4.18 Å². The fraction of sp³-hybridized carbons (Fsp3) is 0.800. The third kappa shape index (κ3) is 2.34. The lowest BCUT2D eigenvalue weighted by Gasteiger charge is -2.16. The van der Waals surface area contributed by atoms with Gasteiger partial charge in [-0.05, 0) is 6.08 Å². The van der Waals surface area contributed by atoms with Crippen LogP contribution >= 0.6 is 0 Å². The van der Waals surface area contributed by atoms with Crippen molar-refractivity contribution in [3.8, 4) is 0 Å². The molecule has 0 aliphatic carbocycles. The average Bonchev–Trinajstić information content (AvgIpc) is 2.23. The molecule has 0 radical (unpaired) electrons. The van der Waals surface area contributed by atoms with Crippen LogP contribution in [0.2, 0.25) is 0 Å². The summed E-state index contributed by atoms with van der Waals surface area (Å²) in [6.07, 6.45) is 3.37. The summed E-state index contributed by atoms with van der Waals surface area (Å²) in [7, 11) is 0. The van der Waals surface area contributed by atoms with Crippen molar-refractivity contribution in [2.75, 3.05) is 12.9 Å². The Labute approximate surface area is 92.9 Å². The number of hydrogen-bond acceptors (Lipinski definition) is 3. The number of nitrogens with zero attached hydrogens (tertiary/aromatic N) is 1. The van der Waals surface area contributed by atoms with Crippen LogP contribution in [0.3, 0.4) is 0 Å². The van der Waals surface area contributed by atoms with Crippen LogP contribution in [0.4, 0.5) is 0 Å². The molecule has 0 amide bonds. The second kappa shape index (κ2) is 3.79. The molecule has 5 heteroatoms. The highest BCUT2D eigenvalue weighted by molar-refractivity contribution is 7.79. The minimum absolute atomic E-state index is 0.248. The molecule has 0 saturated carbocycles. The Morgan fingerprint density at radius 2 is 1.93 bits per heavy atom. The Balaban J connectivity index is 2.89. The molecule has 4 nitrogen and oxygen atoms in total. The number of nitroso groups, excluding NO2 is 1. The molecule has 0 spiro atoms. The molecule has 0 aromatic carbocycles. The first-order valence-corrected chi connectivity index (χ1v) is 6.32. The highest BCUT2D eigenvalue weighted by Gasteiger charge is 2.54. The molecule has 0 N–H and O–H groups in total. The number of hydrogen-bond donors (Lipinski definition) is 0. The maximum atomic E-state index is 11.9. The molecule has 1 heterocycles. The fourth-order valence-electron chi connectivity index (χ4n) is 1.88. The van der Waals surface area contributed by atoms with E-state index in [0.29, 0.717) is 0 Å². The third-order valence-electron chi connectivity index (χ3n) is 2.72. The summed E-state index contributed by atoms with van der Waals surface area (Å²) in [5, 5.41) is 0. The molecule has 1 atom stereocenters. The van der Waals surface area contributed by atoms with Gasteiger partial charge in [0, 0.05) is 49.2 Å². The molecule has 0 fully saturated rings. The van der Waals surface area contributed by atoms with Crippen molar-refractivity contribution < 1.29 is 13.2 Å². The maximum absolute atomic E-state index is 11.9. The Morgan fingerprint density at radius 1 is 1.40 bits per heavy atom. The van der Waals surface area contributed by atoms with Crippen LogP contribution in [0.1, 0.15) is 27.7 Å². The lowest BCUT2D eigenvalue weighted by atomic mass is 9.98. The molecule has 1 aliphatic rings. The topological polar surface area (TPSA) is 46.4 Å². The molecule has 1 aliphatic heterocycles. The summed E-state index contributed by atoms with van der Waals surface area (Å²) >= 11 is -1.29. The largest absolute Gasteiger partial charge is 0.286 e. The average molecular weight is 232 g/mol. The van der Waals surface area contributed by atoms with Gasteiger partial charge >= 0.3 is 0 Å². The SMILES string of the molecule is CS(=O)OCC1=CC(C)(C)[N+](=O)C1(C)C. The van der Waals surface area contributed by atoms with E-state index in [9.17, 15) is 9.12 Å². The lowest BCUT2D eigenvalue weighted by molar-refractivity contribution is -0.652. The van der Waals surface area contributed by atoms with Crippen molar-refractivity contribution in [3.63, 3.8) is 0 Å². The Hall–Kier alpha value is -0.550. The van der Waals surface area contributed by atoms with Crippen molar-refractivity contribution in [1.82, 2.24) is 0 Å². The van der Waals surface area contributed by atoms with Gasteiger partial charge in [0.15, 0.2) is 11.1 Å². The standard InChI is InChI=1S/C10H18NO3S/c1-9(2)6-8(7-14-15(5)13)10(3,4)11(9)12/h6H,7H2,1-5H3/q+1. The fourth-order valence-corrected chi connectivity index (χ4v) is 2.17. The highest BCUT2D eigenvalue weighted by Crippen LogP contribution is 2.35. The second-order valence-electron chi connectivity index (χ2n) is 4.84. The van der Waals surface area contributed by atoms with Gasteiger partial charge in [0.25, 0.3) is 0 Å². The first-order chi connectivity index (χ1) is 6.68. The summed E-state index contributed by atoms with van der Waals surface area (Å²) in [5.41, 5.74) is -0.210. The molecule has 0 aromatic rings. The predicted molar refractivity (Wildman–Crippen MR) is 59.9 cm³/mol. The van der Waals surface area contributed by atoms with Gasteiger partial charge in [0.1, 0.15) is 0 Å². The monoisotopic (exact) mass is 232 g/mol. The van der Waals surface area contributed by atoms with E-state index in [0.717, 1.165) is 10.3 Å². The van der Waals surface area contributed by atoms with Crippen molar-refractivity contribution in [2.24, 2.45) is 0 Å². The van der Waals surface area contributed by atoms with Crippen LogP contribution in [-0.2, 0) is 15.3 Å². The quantitative estimate of drug-likeness (QED) is 0.548. The molecular formula is C10H18NO3S+. The van der Waals surface area contributed by atoms with Crippen molar-refractivity contribution >= 4 is 11.1 Å². The molecule has 15 heavy (non-hydrogen) atoms. The van der Waals surface area contributed by atoms with Crippen molar-refractivity contribution in [2.45, 2.75) is 38.8 Å². The van der Waals surface area contributed by atoms with Crippen LogP contribution in [0.5, 0.6) is 0 Å². The van der Waals surface area contributed by atoms with Gasteiger partial charge in [-0.2, -0.15) is 0 Å². The number of rotatable bonds is 3. The molecule has 86 valence electrons. The second-order valence-corrected chi connectivity index (χ2v) is 5.88. The van der Waals surface area contributed by atoms with E-state index in [1.54, 1.807) is 0 Å². The molecule has 0 aromatic heterocycles. The van der Waals surface area contributed by atoms with Crippen LogP contribution in [0.15, 0.2) is 11.6 Å². The molecule has 1 unspecified atom stereocenters. The van der Waals surface area contributed by atoms with Gasteiger partial charge in [-0.15, -0.1) is 0 Å². The molecule has 1 rings (SSSR count). The zero-order chi connectivity index (χ0) is 11.9. The van der Waals surface area contributed by atoms with Crippen LogP contribution in [-0.4, -0.2) is 32.9 Å². The lowest BCUT2D eigenvalue weighted by Crippen LogP contribution is -2.41. The smallest absolute Gasteiger partial charge is 0.229 e. The normalized spacial score (nSPS) is 25.1. The van der Waals surface area contributed by atoms with E-state index < -0.39 is 22.2 Å². The molecular weight excluding hydrogens is 214 g/mol. The Bertz CT molecular complexity index is 345. The minimum atomic E-state index is -1.29. The van der Waals surface area contributed by atoms with E-state index in [1.165, 1.54) is 6.26 Å². The van der Waals surface area contributed by atoms with Gasteiger partial charge in [-0.3, -0.25) is 4.18 Å². The van der Waals surface area contributed by atoms with Gasteiger partial charge in [0.2, 0.25) is 11.1 Å².